The second kappa shape index (κ2) is 8.08. The number of hydrogen-bond acceptors (Lipinski definition) is 2. The van der Waals surface area contributed by atoms with Crippen LogP contribution in [0.5, 0.6) is 0 Å². The summed E-state index contributed by atoms with van der Waals surface area (Å²) >= 11 is 0. The Morgan fingerprint density at radius 2 is 1.40 bits per heavy atom. The lowest BCUT2D eigenvalue weighted by Crippen LogP contribution is -1.70. The summed E-state index contributed by atoms with van der Waals surface area (Å²) < 4.78 is 9.15. The summed E-state index contributed by atoms with van der Waals surface area (Å²) in [6, 6.07) is 0. The quantitative estimate of drug-likeness (QED) is 0.427. The molecule has 2 radical (unpaired) electrons. The van der Waals surface area contributed by atoms with Gasteiger partial charge in [-0.2, -0.15) is 0 Å². The van der Waals surface area contributed by atoms with Gasteiger partial charge in [0.1, 0.15) is 0 Å². The minimum absolute atomic E-state index is 0.907. The van der Waals surface area contributed by atoms with Crippen LogP contribution in [0.1, 0.15) is 12.8 Å². The Morgan fingerprint density at radius 3 is 1.70 bits per heavy atom. The monoisotopic (exact) mass is 140 g/mol. The van der Waals surface area contributed by atoms with Crippen LogP contribution in [-0.4, -0.2) is 14.2 Å². The smallest absolute Gasteiger partial charge is 0.156 e. The Bertz CT molecular complexity index is 91.8. The van der Waals surface area contributed by atoms with Crippen molar-refractivity contribution in [1.82, 2.24) is 0 Å². The Labute approximate surface area is 62.1 Å². The van der Waals surface area contributed by atoms with E-state index in [9.17, 15) is 0 Å². The molecule has 0 N–H and O–H groups in total. The molecule has 0 amide bonds. The van der Waals surface area contributed by atoms with Crippen molar-refractivity contribution in [3.8, 4) is 0 Å². The highest BCUT2D eigenvalue weighted by Crippen LogP contribution is 1.91. The minimum Gasteiger partial charge on any atom is -0.493 e. The van der Waals surface area contributed by atoms with Crippen molar-refractivity contribution >= 4 is 0 Å². The van der Waals surface area contributed by atoms with E-state index in [0.717, 1.165) is 12.8 Å². The molecule has 10 heavy (non-hydrogen) atoms. The van der Waals surface area contributed by atoms with Crippen molar-refractivity contribution in [3.63, 3.8) is 0 Å². The molecule has 0 unspecified atom stereocenters. The fourth-order valence-corrected chi connectivity index (χ4v) is 0.451. The Hall–Kier alpha value is -0.920. The van der Waals surface area contributed by atoms with E-state index in [1.54, 1.807) is 14.2 Å². The number of hydrogen-bond donors (Lipinski definition) is 0. The highest BCUT2D eigenvalue weighted by Gasteiger charge is 1.76. The standard InChI is InChI=1S/C8H12O2/c1-9-7-5-3-4-6-8-10-2/h5-6H,3-4H2,1-2H3. The largest absolute Gasteiger partial charge is 0.493 e. The first-order valence-corrected chi connectivity index (χ1v) is 3.12. The molecule has 0 aliphatic carbocycles. The molecule has 2 heteroatoms. The normalized spacial score (nSPS) is 11.0. The molecule has 0 spiro atoms. The van der Waals surface area contributed by atoms with Gasteiger partial charge in [0, 0.05) is 0 Å². The highest BCUT2D eigenvalue weighted by atomic mass is 16.5. The van der Waals surface area contributed by atoms with Crippen LogP contribution in [-0.2, 0) is 9.47 Å². The van der Waals surface area contributed by atoms with Crippen LogP contribution in [0.25, 0.3) is 0 Å². The summed E-state index contributed by atoms with van der Waals surface area (Å²) in [6.07, 6.45) is 10.7. The molecule has 0 bridgehead atoms. The van der Waals surface area contributed by atoms with Crippen molar-refractivity contribution in [2.24, 2.45) is 0 Å². The average Bonchev–Trinajstić information content (AvgIpc) is 1.97. The maximum atomic E-state index is 4.58. The molecule has 0 saturated carbocycles. The summed E-state index contributed by atoms with van der Waals surface area (Å²) in [7, 11) is 3.15. The molecule has 2 nitrogen and oxygen atoms in total. The van der Waals surface area contributed by atoms with Gasteiger partial charge in [-0.15, -0.1) is 0 Å². The van der Waals surface area contributed by atoms with Crippen LogP contribution in [0.3, 0.4) is 0 Å². The van der Waals surface area contributed by atoms with Gasteiger partial charge in [-0.05, 0) is 25.0 Å². The maximum Gasteiger partial charge on any atom is 0.156 e. The number of methoxy groups -OCH3 is 2. The number of ether oxygens (including phenoxy) is 2. The van der Waals surface area contributed by atoms with Gasteiger partial charge in [-0.1, -0.05) is 0 Å². The van der Waals surface area contributed by atoms with Crippen molar-refractivity contribution < 1.29 is 9.47 Å². The molecule has 0 aliphatic heterocycles. The van der Waals surface area contributed by atoms with Crippen LogP contribution in [0, 0.1) is 12.5 Å². The molecule has 0 aromatic heterocycles. The molecule has 0 rings (SSSR count). The summed E-state index contributed by atoms with van der Waals surface area (Å²) in [6.45, 7) is 0. The lowest BCUT2D eigenvalue weighted by molar-refractivity contribution is 0.309. The molecular formula is C8H12O2. The first-order chi connectivity index (χ1) is 4.91. The highest BCUT2D eigenvalue weighted by molar-refractivity contribution is 4.75. The minimum atomic E-state index is 0.907. The van der Waals surface area contributed by atoms with Crippen LogP contribution in [0.4, 0.5) is 0 Å². The van der Waals surface area contributed by atoms with E-state index in [0.29, 0.717) is 0 Å². The van der Waals surface area contributed by atoms with Gasteiger partial charge in [0.2, 0.25) is 0 Å². The molecule has 0 aliphatic rings. The molecule has 0 saturated heterocycles. The van der Waals surface area contributed by atoms with E-state index in [-0.39, 0.29) is 0 Å². The van der Waals surface area contributed by atoms with Crippen molar-refractivity contribution in [2.45, 2.75) is 12.8 Å². The zero-order chi connectivity index (χ0) is 7.66. The van der Waals surface area contributed by atoms with E-state index >= 15 is 0 Å². The molecule has 0 aromatic rings. The van der Waals surface area contributed by atoms with Gasteiger partial charge in [0.25, 0.3) is 0 Å². The predicted molar refractivity (Wildman–Crippen MR) is 38.9 cm³/mol. The van der Waals surface area contributed by atoms with E-state index in [1.165, 1.54) is 0 Å². The average molecular weight is 140 g/mol. The predicted octanol–water partition coefficient (Wildman–Crippen LogP) is 1.69. The molecule has 0 aromatic carbocycles. The second-order valence-corrected chi connectivity index (χ2v) is 1.63. The van der Waals surface area contributed by atoms with Crippen LogP contribution in [0.15, 0.2) is 12.2 Å². The van der Waals surface area contributed by atoms with Gasteiger partial charge in [-0.3, -0.25) is 0 Å². The van der Waals surface area contributed by atoms with Crippen LogP contribution in [0.2, 0.25) is 0 Å². The van der Waals surface area contributed by atoms with E-state index < -0.39 is 0 Å². The van der Waals surface area contributed by atoms with E-state index in [1.807, 2.05) is 12.2 Å². The second-order valence-electron chi connectivity index (χ2n) is 1.63. The molecular weight excluding hydrogens is 128 g/mol. The first kappa shape index (κ1) is 9.08. The fourth-order valence-electron chi connectivity index (χ4n) is 0.451. The van der Waals surface area contributed by atoms with Crippen LogP contribution >= 0.6 is 0 Å². The van der Waals surface area contributed by atoms with Gasteiger partial charge in [-0.25, -0.2) is 0 Å². The van der Waals surface area contributed by atoms with Gasteiger partial charge in [0.15, 0.2) is 12.5 Å². The summed E-state index contributed by atoms with van der Waals surface area (Å²) in [4.78, 5) is 0. The summed E-state index contributed by atoms with van der Waals surface area (Å²) in [5, 5.41) is 0. The topological polar surface area (TPSA) is 18.5 Å². The Morgan fingerprint density at radius 1 is 1.00 bits per heavy atom. The third kappa shape index (κ3) is 7.08. The molecule has 0 fully saturated rings. The Kier molecular flexibility index (Phi) is 7.34. The molecule has 0 atom stereocenters. The van der Waals surface area contributed by atoms with Gasteiger partial charge >= 0.3 is 0 Å². The van der Waals surface area contributed by atoms with E-state index in [2.05, 4.69) is 22.0 Å². The lowest BCUT2D eigenvalue weighted by Gasteiger charge is -1.85. The summed E-state index contributed by atoms with van der Waals surface area (Å²) in [5.74, 6) is 0. The van der Waals surface area contributed by atoms with Gasteiger partial charge < -0.3 is 9.47 Å². The zero-order valence-electron chi connectivity index (χ0n) is 6.39. The number of rotatable bonds is 5. The van der Waals surface area contributed by atoms with E-state index in [4.69, 9.17) is 0 Å². The third-order valence-corrected chi connectivity index (χ3v) is 0.858. The molecule has 0 heterocycles. The van der Waals surface area contributed by atoms with Crippen LogP contribution < -0.4 is 0 Å². The Balaban J connectivity index is 3.04. The number of unbranched alkanes of at least 4 members (excludes halogenated alkanes) is 1. The van der Waals surface area contributed by atoms with Gasteiger partial charge in [0.05, 0.1) is 14.2 Å². The van der Waals surface area contributed by atoms with Crippen molar-refractivity contribution in [1.29, 1.82) is 0 Å². The SMILES string of the molecule is CO/[C]=C\CC/C=[C]\OC. The van der Waals surface area contributed by atoms with Crippen molar-refractivity contribution in [2.75, 3.05) is 14.2 Å². The first-order valence-electron chi connectivity index (χ1n) is 3.12. The number of allylic oxidation sites excluding steroid dienone is 2. The van der Waals surface area contributed by atoms with Crippen molar-refractivity contribution in [3.05, 3.63) is 24.7 Å². The third-order valence-electron chi connectivity index (χ3n) is 0.858. The maximum absolute atomic E-state index is 4.58. The summed E-state index contributed by atoms with van der Waals surface area (Å²) in [5.41, 5.74) is 0. The zero-order valence-corrected chi connectivity index (χ0v) is 6.39. The molecule has 56 valence electrons. The lowest BCUT2D eigenvalue weighted by atomic mass is 10.3. The fraction of sp³-hybridized carbons (Fsp3) is 0.500.